The zero-order valence-electron chi connectivity index (χ0n) is 15.2. The number of amides is 1. The van der Waals surface area contributed by atoms with E-state index < -0.39 is 0 Å². The second-order valence-electron chi connectivity index (χ2n) is 6.10. The number of halogens is 2. The van der Waals surface area contributed by atoms with Gasteiger partial charge in [0.2, 0.25) is 11.8 Å². The summed E-state index contributed by atoms with van der Waals surface area (Å²) in [6, 6.07) is 16.2. The smallest absolute Gasteiger partial charge is 0.248 e. The van der Waals surface area contributed by atoms with Crippen molar-refractivity contribution in [1.29, 1.82) is 0 Å². The molecule has 0 unspecified atom stereocenters. The molecule has 0 aliphatic rings. The summed E-state index contributed by atoms with van der Waals surface area (Å²) in [6.45, 7) is 1.40. The van der Waals surface area contributed by atoms with Crippen LogP contribution in [0.2, 0.25) is 10.0 Å². The van der Waals surface area contributed by atoms with E-state index in [1.165, 1.54) is 18.2 Å². The van der Waals surface area contributed by atoms with Crippen LogP contribution in [0.4, 0.5) is 11.6 Å². The SMILES string of the molecule is CC(=O)N(c1onc(-c2ccccc2)c1-c1ccncn1)c1c(Cl)cccc1Cl. The van der Waals surface area contributed by atoms with Gasteiger partial charge < -0.3 is 4.52 Å². The molecule has 2 heterocycles. The Labute approximate surface area is 176 Å². The fourth-order valence-corrected chi connectivity index (χ4v) is 3.57. The molecule has 4 aromatic rings. The summed E-state index contributed by atoms with van der Waals surface area (Å²) in [4.78, 5) is 22.3. The highest BCUT2D eigenvalue weighted by molar-refractivity contribution is 6.40. The van der Waals surface area contributed by atoms with Gasteiger partial charge in [-0.2, -0.15) is 0 Å². The van der Waals surface area contributed by atoms with Crippen LogP contribution in [0, 0.1) is 0 Å². The molecule has 0 atom stereocenters. The van der Waals surface area contributed by atoms with Gasteiger partial charge in [0, 0.05) is 18.7 Å². The fraction of sp³-hybridized carbons (Fsp3) is 0.0476. The van der Waals surface area contributed by atoms with Gasteiger partial charge in [0.1, 0.15) is 12.0 Å². The number of carbonyl (C=O) groups is 1. The number of aromatic nitrogens is 3. The lowest BCUT2D eigenvalue weighted by Crippen LogP contribution is -2.23. The summed E-state index contributed by atoms with van der Waals surface area (Å²) in [6.07, 6.45) is 3.02. The number of hydrogen-bond acceptors (Lipinski definition) is 5. The van der Waals surface area contributed by atoms with E-state index in [1.54, 1.807) is 30.5 Å². The van der Waals surface area contributed by atoms with Crippen LogP contribution in [0.25, 0.3) is 22.5 Å². The lowest BCUT2D eigenvalue weighted by Gasteiger charge is -2.21. The third kappa shape index (κ3) is 3.60. The second-order valence-corrected chi connectivity index (χ2v) is 6.91. The largest absolute Gasteiger partial charge is 0.336 e. The van der Waals surface area contributed by atoms with Gasteiger partial charge >= 0.3 is 0 Å². The van der Waals surface area contributed by atoms with Crippen LogP contribution in [0.1, 0.15) is 6.92 Å². The van der Waals surface area contributed by atoms with Crippen molar-refractivity contribution in [2.24, 2.45) is 0 Å². The third-order valence-corrected chi connectivity index (χ3v) is 4.85. The predicted molar refractivity (Wildman–Crippen MR) is 112 cm³/mol. The molecule has 2 aromatic heterocycles. The molecule has 0 spiro atoms. The Morgan fingerprint density at radius 3 is 2.34 bits per heavy atom. The van der Waals surface area contributed by atoms with Gasteiger partial charge in [0.15, 0.2) is 0 Å². The van der Waals surface area contributed by atoms with E-state index in [4.69, 9.17) is 27.7 Å². The number of benzene rings is 2. The van der Waals surface area contributed by atoms with Gasteiger partial charge in [0.25, 0.3) is 0 Å². The second kappa shape index (κ2) is 8.03. The first-order valence-electron chi connectivity index (χ1n) is 8.64. The Hall–Kier alpha value is -3.22. The standard InChI is InChI=1S/C21H14Cl2N4O2/c1-13(28)27(20-15(22)8-5-9-16(20)23)21-18(17-10-11-24-12-25-17)19(26-29-21)14-6-3-2-4-7-14/h2-12H,1H3. The summed E-state index contributed by atoms with van der Waals surface area (Å²) in [5.41, 5.74) is 2.74. The first-order valence-corrected chi connectivity index (χ1v) is 9.39. The van der Waals surface area contributed by atoms with Crippen molar-refractivity contribution in [2.45, 2.75) is 6.92 Å². The first kappa shape index (κ1) is 19.1. The molecule has 2 aromatic carbocycles. The maximum atomic E-state index is 12.7. The van der Waals surface area contributed by atoms with Crippen LogP contribution in [-0.4, -0.2) is 21.0 Å². The molecular weight excluding hydrogens is 411 g/mol. The van der Waals surface area contributed by atoms with E-state index in [0.717, 1.165) is 5.56 Å². The molecule has 0 saturated heterocycles. The molecule has 29 heavy (non-hydrogen) atoms. The van der Waals surface area contributed by atoms with Crippen LogP contribution in [0.3, 0.4) is 0 Å². The van der Waals surface area contributed by atoms with Crippen molar-refractivity contribution in [3.05, 3.63) is 77.2 Å². The van der Waals surface area contributed by atoms with Gasteiger partial charge in [-0.1, -0.05) is 64.8 Å². The molecule has 4 rings (SSSR count). The first-order chi connectivity index (χ1) is 14.1. The Morgan fingerprint density at radius 2 is 1.72 bits per heavy atom. The van der Waals surface area contributed by atoms with Crippen LogP contribution in [0.5, 0.6) is 0 Å². The van der Waals surface area contributed by atoms with Crippen molar-refractivity contribution in [3.8, 4) is 22.5 Å². The predicted octanol–water partition coefficient (Wildman–Crippen LogP) is 5.79. The number of hydrogen-bond donors (Lipinski definition) is 0. The van der Waals surface area contributed by atoms with Crippen LogP contribution >= 0.6 is 23.2 Å². The van der Waals surface area contributed by atoms with Crippen molar-refractivity contribution in [2.75, 3.05) is 4.90 Å². The topological polar surface area (TPSA) is 72.1 Å². The highest BCUT2D eigenvalue weighted by atomic mass is 35.5. The minimum atomic E-state index is -0.342. The van der Waals surface area contributed by atoms with Crippen molar-refractivity contribution in [3.63, 3.8) is 0 Å². The van der Waals surface area contributed by atoms with E-state index in [-0.39, 0.29) is 11.8 Å². The summed E-state index contributed by atoms with van der Waals surface area (Å²) >= 11 is 12.7. The zero-order valence-corrected chi connectivity index (χ0v) is 16.7. The number of rotatable bonds is 4. The molecule has 0 aliphatic carbocycles. The summed E-state index contributed by atoms with van der Waals surface area (Å²) < 4.78 is 5.67. The van der Waals surface area contributed by atoms with Crippen LogP contribution in [0.15, 0.2) is 71.6 Å². The van der Waals surface area contributed by atoms with Crippen molar-refractivity contribution >= 4 is 40.7 Å². The number of para-hydroxylation sites is 1. The highest BCUT2D eigenvalue weighted by Crippen LogP contribution is 2.44. The van der Waals surface area contributed by atoms with Crippen molar-refractivity contribution < 1.29 is 9.32 Å². The Morgan fingerprint density at radius 1 is 1.00 bits per heavy atom. The maximum absolute atomic E-state index is 12.7. The number of carbonyl (C=O) groups excluding carboxylic acids is 1. The van der Waals surface area contributed by atoms with Gasteiger partial charge in [-0.3, -0.25) is 4.79 Å². The van der Waals surface area contributed by atoms with E-state index in [9.17, 15) is 4.79 Å². The molecule has 1 amide bonds. The van der Waals surface area contributed by atoms with Gasteiger partial charge in [-0.25, -0.2) is 14.9 Å². The summed E-state index contributed by atoms with van der Waals surface area (Å²) in [5, 5.41) is 4.84. The number of nitrogens with zero attached hydrogens (tertiary/aromatic N) is 4. The molecular formula is C21H14Cl2N4O2. The van der Waals surface area contributed by atoms with E-state index in [1.807, 2.05) is 30.3 Å². The molecule has 6 nitrogen and oxygen atoms in total. The average Bonchev–Trinajstić information content (AvgIpc) is 3.16. The zero-order chi connectivity index (χ0) is 20.4. The Kier molecular flexibility index (Phi) is 5.29. The molecule has 0 N–H and O–H groups in total. The lowest BCUT2D eigenvalue weighted by atomic mass is 10.0. The highest BCUT2D eigenvalue weighted by Gasteiger charge is 2.30. The van der Waals surface area contributed by atoms with Gasteiger partial charge in [-0.15, -0.1) is 0 Å². The molecule has 0 bridgehead atoms. The maximum Gasteiger partial charge on any atom is 0.248 e. The Balaban J connectivity index is 2.00. The molecule has 8 heteroatoms. The van der Waals surface area contributed by atoms with Gasteiger partial charge in [0.05, 0.1) is 27.0 Å². The molecule has 0 fully saturated rings. The fourth-order valence-electron chi connectivity index (χ4n) is 3.00. The molecule has 0 aliphatic heterocycles. The summed E-state index contributed by atoms with van der Waals surface area (Å²) in [5.74, 6) is -0.170. The minimum absolute atomic E-state index is 0.171. The third-order valence-electron chi connectivity index (χ3n) is 4.24. The van der Waals surface area contributed by atoms with E-state index in [2.05, 4.69) is 15.1 Å². The summed E-state index contributed by atoms with van der Waals surface area (Å²) in [7, 11) is 0. The Bertz CT molecular complexity index is 1140. The van der Waals surface area contributed by atoms with Gasteiger partial charge in [-0.05, 0) is 18.2 Å². The minimum Gasteiger partial charge on any atom is -0.336 e. The lowest BCUT2D eigenvalue weighted by molar-refractivity contribution is -0.116. The molecule has 0 radical (unpaired) electrons. The average molecular weight is 425 g/mol. The number of anilines is 2. The molecule has 0 saturated carbocycles. The van der Waals surface area contributed by atoms with Crippen LogP contribution < -0.4 is 4.90 Å². The van der Waals surface area contributed by atoms with Crippen molar-refractivity contribution in [1.82, 2.24) is 15.1 Å². The monoisotopic (exact) mass is 424 g/mol. The van der Waals surface area contributed by atoms with E-state index in [0.29, 0.717) is 32.7 Å². The van der Waals surface area contributed by atoms with E-state index >= 15 is 0 Å². The normalized spacial score (nSPS) is 10.7. The quantitative estimate of drug-likeness (QED) is 0.414. The van der Waals surface area contributed by atoms with Crippen LogP contribution in [-0.2, 0) is 4.79 Å². The molecule has 144 valence electrons.